The maximum Gasteiger partial charge on any atom is 0.000374 e. The molecule has 0 saturated heterocycles. The summed E-state index contributed by atoms with van der Waals surface area (Å²) in [4.78, 5) is 0. The van der Waals surface area contributed by atoms with E-state index in [2.05, 4.69) is 73.3 Å². The molecule has 4 aliphatic rings. The molecule has 0 heteroatoms. The molecule has 4 fully saturated rings. The summed E-state index contributed by atoms with van der Waals surface area (Å²) in [7, 11) is 0. The molecule has 168 valence electrons. The summed E-state index contributed by atoms with van der Waals surface area (Å²) in [5.41, 5.74) is 4.40. The second-order valence-corrected chi connectivity index (χ2v) is 12.6. The van der Waals surface area contributed by atoms with Crippen molar-refractivity contribution >= 4 is 0 Å². The third-order valence-corrected chi connectivity index (χ3v) is 10.7. The summed E-state index contributed by atoms with van der Waals surface area (Å²) in [6, 6.07) is 0. The average Bonchev–Trinajstić information content (AvgIpc) is 3.21. The summed E-state index contributed by atoms with van der Waals surface area (Å²) < 4.78 is 0. The summed E-state index contributed by atoms with van der Waals surface area (Å²) in [6.45, 7) is 21.7. The molecule has 4 rings (SSSR count). The van der Waals surface area contributed by atoms with Gasteiger partial charge in [-0.25, -0.2) is 0 Å². The van der Waals surface area contributed by atoms with Crippen LogP contribution in [0.25, 0.3) is 0 Å². The number of rotatable bonds is 6. The van der Waals surface area contributed by atoms with Gasteiger partial charge in [0.2, 0.25) is 0 Å². The van der Waals surface area contributed by atoms with Crippen molar-refractivity contribution in [3.8, 4) is 0 Å². The van der Waals surface area contributed by atoms with E-state index in [1.165, 1.54) is 44.9 Å². The second kappa shape index (κ2) is 7.97. The standard InChI is InChI=1S/C30H48/c1-19(2)20(3)11-12-21(4)27-13-14-28-25(10-9-15-29(27,28)8)17-23(6)30-18-26(30)16-22(5)24(30)7/h11-12,17,19-23,26-28H,7,9-10,13-16,18H2,1-6,8H3/b12-11+,25-17+/t20-,21+,22-,23+,26?,27+,28-,29+,30-/m0/s1. The third-order valence-electron chi connectivity index (χ3n) is 10.7. The average molecular weight is 409 g/mol. The van der Waals surface area contributed by atoms with Crippen molar-refractivity contribution in [1.82, 2.24) is 0 Å². The molecular weight excluding hydrogens is 360 g/mol. The summed E-state index contributed by atoms with van der Waals surface area (Å²) in [5.74, 6) is 6.20. The first-order valence-corrected chi connectivity index (χ1v) is 13.2. The Bertz CT molecular complexity index is 722. The Hall–Kier alpha value is -0.780. The van der Waals surface area contributed by atoms with Gasteiger partial charge in [0, 0.05) is 5.41 Å². The molecule has 0 aliphatic heterocycles. The lowest BCUT2D eigenvalue weighted by atomic mass is 9.60. The molecule has 0 aromatic carbocycles. The molecule has 0 aromatic heterocycles. The molecule has 4 saturated carbocycles. The summed E-state index contributed by atoms with van der Waals surface area (Å²) >= 11 is 0. The fourth-order valence-corrected chi connectivity index (χ4v) is 8.23. The normalized spacial score (nSPS) is 45.1. The van der Waals surface area contributed by atoms with E-state index >= 15 is 0 Å². The number of allylic oxidation sites excluding steroid dienone is 5. The van der Waals surface area contributed by atoms with Crippen LogP contribution < -0.4 is 0 Å². The Labute approximate surface area is 187 Å². The predicted molar refractivity (Wildman–Crippen MR) is 131 cm³/mol. The van der Waals surface area contributed by atoms with Gasteiger partial charge in [0.15, 0.2) is 0 Å². The van der Waals surface area contributed by atoms with Crippen LogP contribution in [0.4, 0.5) is 0 Å². The van der Waals surface area contributed by atoms with Crippen LogP contribution in [0.2, 0.25) is 0 Å². The number of hydrogen-bond acceptors (Lipinski definition) is 0. The minimum Gasteiger partial charge on any atom is -0.0990 e. The van der Waals surface area contributed by atoms with Crippen molar-refractivity contribution in [2.75, 3.05) is 0 Å². The Balaban J connectivity index is 1.50. The van der Waals surface area contributed by atoms with E-state index in [1.54, 1.807) is 5.57 Å². The Kier molecular flexibility index (Phi) is 5.95. The maximum atomic E-state index is 4.57. The van der Waals surface area contributed by atoms with Crippen LogP contribution in [-0.2, 0) is 0 Å². The van der Waals surface area contributed by atoms with Crippen molar-refractivity contribution < 1.29 is 0 Å². The fourth-order valence-electron chi connectivity index (χ4n) is 8.23. The monoisotopic (exact) mass is 408 g/mol. The first-order valence-electron chi connectivity index (χ1n) is 13.2. The van der Waals surface area contributed by atoms with Crippen LogP contribution in [0.5, 0.6) is 0 Å². The first kappa shape index (κ1) is 22.4. The molecule has 0 radical (unpaired) electrons. The fraction of sp³-hybridized carbons (Fsp3) is 0.800. The van der Waals surface area contributed by atoms with Gasteiger partial charge in [-0.15, -0.1) is 0 Å². The van der Waals surface area contributed by atoms with Gasteiger partial charge < -0.3 is 0 Å². The summed E-state index contributed by atoms with van der Waals surface area (Å²) in [6.07, 6.45) is 17.7. The van der Waals surface area contributed by atoms with Crippen molar-refractivity contribution in [2.45, 2.75) is 93.4 Å². The van der Waals surface area contributed by atoms with Crippen LogP contribution in [-0.4, -0.2) is 0 Å². The highest BCUT2D eigenvalue weighted by Gasteiger charge is 2.63. The van der Waals surface area contributed by atoms with Gasteiger partial charge in [-0.3, -0.25) is 0 Å². The van der Waals surface area contributed by atoms with Gasteiger partial charge in [-0.2, -0.15) is 0 Å². The zero-order chi connectivity index (χ0) is 21.8. The van der Waals surface area contributed by atoms with E-state index in [-0.39, 0.29) is 0 Å². The highest BCUT2D eigenvalue weighted by Crippen LogP contribution is 2.72. The summed E-state index contributed by atoms with van der Waals surface area (Å²) in [5, 5.41) is 0. The van der Waals surface area contributed by atoms with Crippen molar-refractivity contribution in [2.24, 2.45) is 58.2 Å². The molecule has 0 nitrogen and oxygen atoms in total. The first-order chi connectivity index (χ1) is 14.1. The molecule has 0 heterocycles. The zero-order valence-electron chi connectivity index (χ0n) is 21.0. The minimum atomic E-state index is 0.473. The van der Waals surface area contributed by atoms with Crippen LogP contribution in [0.3, 0.4) is 0 Å². The number of fused-ring (bicyclic) bond motifs is 2. The van der Waals surface area contributed by atoms with Gasteiger partial charge in [0.1, 0.15) is 0 Å². The highest BCUT2D eigenvalue weighted by atomic mass is 14.7. The molecule has 30 heavy (non-hydrogen) atoms. The molecule has 0 bridgehead atoms. The molecule has 1 unspecified atom stereocenters. The van der Waals surface area contributed by atoms with Crippen LogP contribution in [0.1, 0.15) is 93.4 Å². The molecular formula is C30H48. The second-order valence-electron chi connectivity index (χ2n) is 12.6. The van der Waals surface area contributed by atoms with Crippen LogP contribution >= 0.6 is 0 Å². The zero-order valence-corrected chi connectivity index (χ0v) is 21.0. The van der Waals surface area contributed by atoms with Gasteiger partial charge in [-0.1, -0.05) is 84.4 Å². The quantitative estimate of drug-likeness (QED) is 0.385. The molecule has 0 N–H and O–H groups in total. The van der Waals surface area contributed by atoms with Crippen molar-refractivity contribution in [3.63, 3.8) is 0 Å². The highest BCUT2D eigenvalue weighted by molar-refractivity contribution is 5.35. The van der Waals surface area contributed by atoms with Crippen LogP contribution in [0, 0.1) is 58.2 Å². The lowest BCUT2D eigenvalue weighted by molar-refractivity contribution is 0.111. The van der Waals surface area contributed by atoms with Gasteiger partial charge >= 0.3 is 0 Å². The van der Waals surface area contributed by atoms with E-state index < -0.39 is 0 Å². The SMILES string of the molecule is C=C1[C@@H](C)CC2C[C@]12[C@H](C)/C=C1\CCC[C@]2(C)[C@@H]([C@H](C)/C=C/[C@H](C)C(C)C)CC[C@@H]12. The molecule has 0 amide bonds. The smallest absolute Gasteiger partial charge is 0.000374 e. The largest absolute Gasteiger partial charge is 0.0990 e. The minimum absolute atomic E-state index is 0.473. The molecule has 9 atom stereocenters. The van der Waals surface area contributed by atoms with E-state index in [0.717, 1.165) is 29.6 Å². The lowest BCUT2D eigenvalue weighted by Crippen LogP contribution is -2.36. The van der Waals surface area contributed by atoms with Crippen molar-refractivity contribution in [1.29, 1.82) is 0 Å². The Morgan fingerprint density at radius 2 is 1.80 bits per heavy atom. The van der Waals surface area contributed by atoms with Crippen LogP contribution in [0.15, 0.2) is 36.0 Å². The van der Waals surface area contributed by atoms with Gasteiger partial charge in [0.05, 0.1) is 0 Å². The van der Waals surface area contributed by atoms with E-state index in [1.807, 2.05) is 5.57 Å². The Morgan fingerprint density at radius 3 is 2.43 bits per heavy atom. The van der Waals surface area contributed by atoms with Crippen molar-refractivity contribution in [3.05, 3.63) is 36.0 Å². The van der Waals surface area contributed by atoms with E-state index in [0.29, 0.717) is 28.6 Å². The third kappa shape index (κ3) is 3.49. The van der Waals surface area contributed by atoms with Gasteiger partial charge in [-0.05, 0) is 97.7 Å². The van der Waals surface area contributed by atoms with Gasteiger partial charge in [0.25, 0.3) is 0 Å². The maximum absolute atomic E-state index is 4.57. The number of hydrogen-bond donors (Lipinski definition) is 0. The predicted octanol–water partition coefficient (Wildman–Crippen LogP) is 8.85. The molecule has 0 aromatic rings. The lowest BCUT2D eigenvalue weighted by Gasteiger charge is -2.44. The molecule has 0 spiro atoms. The topological polar surface area (TPSA) is 0 Å². The van der Waals surface area contributed by atoms with E-state index in [9.17, 15) is 0 Å². The Morgan fingerprint density at radius 1 is 1.07 bits per heavy atom. The van der Waals surface area contributed by atoms with E-state index in [4.69, 9.17) is 0 Å². The molecule has 4 aliphatic carbocycles.